The Kier molecular flexibility index (Phi) is 11.6. The molecule has 0 saturated carbocycles. The van der Waals surface area contributed by atoms with Gasteiger partial charge in [0.1, 0.15) is 19.0 Å². The van der Waals surface area contributed by atoms with Gasteiger partial charge in [-0.3, -0.25) is 0 Å². The van der Waals surface area contributed by atoms with Crippen LogP contribution in [0, 0.1) is 0 Å². The summed E-state index contributed by atoms with van der Waals surface area (Å²) in [7, 11) is 1.43. The molecular weight excluding hydrogens is 303 g/mol. The third kappa shape index (κ3) is 9.23. The van der Waals surface area contributed by atoms with E-state index in [1.165, 1.54) is 0 Å². The maximum atomic E-state index is 10.3. The number of ether oxygens (including phenoxy) is 2. The molecule has 0 bridgehead atoms. The normalized spacial score (nSPS) is 9.65. The molecule has 0 amide bonds. The summed E-state index contributed by atoms with van der Waals surface area (Å²) in [6, 6.07) is 5.52. The second-order valence-electron chi connectivity index (χ2n) is 3.49. The zero-order valence-electron chi connectivity index (χ0n) is 12.2. The Morgan fingerprint density at radius 2 is 1.70 bits per heavy atom. The summed E-state index contributed by atoms with van der Waals surface area (Å²) in [4.78, 5) is 0. The van der Waals surface area contributed by atoms with Crippen molar-refractivity contribution >= 4 is 19.9 Å². The molecule has 0 spiro atoms. The number of methoxy groups -OCH3 is 2. The predicted octanol–water partition coefficient (Wildman–Crippen LogP) is 4.21. The van der Waals surface area contributed by atoms with Gasteiger partial charge < -0.3 is 9.47 Å². The summed E-state index contributed by atoms with van der Waals surface area (Å²) in [5, 5.41) is 0.668. The highest BCUT2D eigenvalue weighted by Gasteiger charge is 2.15. The Morgan fingerprint density at radius 3 is 2.15 bits per heavy atom. The Labute approximate surface area is 126 Å². The van der Waals surface area contributed by atoms with E-state index in [4.69, 9.17) is 21.1 Å². The number of hydrogen-bond donors (Lipinski definition) is 0. The van der Waals surface area contributed by atoms with Gasteiger partial charge in [0.15, 0.2) is 0 Å². The zero-order chi connectivity index (χ0) is 15.4. The van der Waals surface area contributed by atoms with Crippen molar-refractivity contribution in [2.75, 3.05) is 27.4 Å². The van der Waals surface area contributed by atoms with Gasteiger partial charge in [0.25, 0.3) is 0 Å². The first-order valence-electron chi connectivity index (χ1n) is 6.12. The Balaban J connectivity index is 0.000000396. The van der Waals surface area contributed by atoms with Crippen LogP contribution in [0.2, 0.25) is 5.02 Å². The quantitative estimate of drug-likeness (QED) is 0.703. The lowest BCUT2D eigenvalue weighted by Crippen LogP contribution is -1.89. The van der Waals surface area contributed by atoms with Crippen LogP contribution in [0.3, 0.4) is 0 Å². The average molecular weight is 324 g/mol. The van der Waals surface area contributed by atoms with Crippen LogP contribution in [-0.2, 0) is 25.0 Å². The van der Waals surface area contributed by atoms with Crippen molar-refractivity contribution in [1.82, 2.24) is 0 Å². The molecule has 0 aliphatic rings. The Bertz CT molecular complexity index is 392. The highest BCUT2D eigenvalue weighted by atomic mass is 35.5. The van der Waals surface area contributed by atoms with Crippen LogP contribution < -0.4 is 4.74 Å². The van der Waals surface area contributed by atoms with E-state index in [9.17, 15) is 4.57 Å². The summed E-state index contributed by atoms with van der Waals surface area (Å²) in [6.07, 6.45) is 0. The van der Waals surface area contributed by atoms with E-state index in [0.717, 1.165) is 11.3 Å². The summed E-state index contributed by atoms with van der Waals surface area (Å²) < 4.78 is 29.5. The molecule has 0 aliphatic carbocycles. The van der Waals surface area contributed by atoms with Gasteiger partial charge in [0.05, 0.1) is 13.7 Å². The van der Waals surface area contributed by atoms with Gasteiger partial charge in [-0.2, -0.15) is 0 Å². The fourth-order valence-electron chi connectivity index (χ4n) is 1.24. The Hall–Kier alpha value is -0.710. The molecule has 0 aliphatic heterocycles. The summed E-state index contributed by atoms with van der Waals surface area (Å²) >= 11 is 5.83. The van der Waals surface area contributed by atoms with E-state index in [1.54, 1.807) is 34.1 Å². The first-order chi connectivity index (χ1) is 9.57. The molecule has 0 unspecified atom stereocenters. The van der Waals surface area contributed by atoms with E-state index in [1.807, 2.05) is 12.1 Å². The lowest BCUT2D eigenvalue weighted by molar-refractivity contribution is 0.184. The number of halogens is 1. The third-order valence-electron chi connectivity index (χ3n) is 1.95. The molecular formula is C13H21ClO5P+. The molecule has 1 aromatic carbocycles. The van der Waals surface area contributed by atoms with Crippen molar-refractivity contribution < 1.29 is 23.1 Å². The first-order valence-corrected chi connectivity index (χ1v) is 7.60. The molecule has 0 saturated heterocycles. The van der Waals surface area contributed by atoms with E-state index in [0.29, 0.717) is 24.8 Å². The van der Waals surface area contributed by atoms with Gasteiger partial charge in [0, 0.05) is 16.7 Å². The fraction of sp³-hybridized carbons (Fsp3) is 0.538. The number of hydrogen-bond acceptors (Lipinski definition) is 5. The molecule has 1 aromatic rings. The molecule has 0 radical (unpaired) electrons. The average Bonchev–Trinajstić information content (AvgIpc) is 2.39. The van der Waals surface area contributed by atoms with Crippen molar-refractivity contribution in [3.05, 3.63) is 28.8 Å². The summed E-state index contributed by atoms with van der Waals surface area (Å²) in [5.74, 6) is 0.759. The standard InChI is InChI=1S/C9H11ClO2.C4H10O3P/c1-11-6-7-3-8(10)5-9(4-7)12-2;1-3-6-8(5)7-4-2/h3-5H,6H2,1-2H3;3-4H2,1-2H3/q;+1. The predicted molar refractivity (Wildman–Crippen MR) is 79.6 cm³/mol. The number of benzene rings is 1. The highest BCUT2D eigenvalue weighted by molar-refractivity contribution is 7.33. The second kappa shape index (κ2) is 12.1. The molecule has 1 rings (SSSR count). The molecule has 20 heavy (non-hydrogen) atoms. The largest absolute Gasteiger partial charge is 0.697 e. The molecule has 0 N–H and O–H groups in total. The maximum Gasteiger partial charge on any atom is 0.697 e. The summed E-state index contributed by atoms with van der Waals surface area (Å²) in [5.41, 5.74) is 1.02. The maximum absolute atomic E-state index is 10.3. The van der Waals surface area contributed by atoms with Crippen LogP contribution in [0.5, 0.6) is 5.75 Å². The second-order valence-corrected chi connectivity index (χ2v) is 4.89. The smallest absolute Gasteiger partial charge is 0.497 e. The van der Waals surface area contributed by atoms with Crippen molar-refractivity contribution in [2.24, 2.45) is 0 Å². The first kappa shape index (κ1) is 19.3. The van der Waals surface area contributed by atoms with Gasteiger partial charge in [-0.05, 0) is 37.6 Å². The van der Waals surface area contributed by atoms with Gasteiger partial charge in [-0.15, -0.1) is 9.05 Å². The van der Waals surface area contributed by atoms with Crippen molar-refractivity contribution in [3.63, 3.8) is 0 Å². The van der Waals surface area contributed by atoms with E-state index in [-0.39, 0.29) is 0 Å². The zero-order valence-corrected chi connectivity index (χ0v) is 13.9. The third-order valence-corrected chi connectivity index (χ3v) is 3.10. The lowest BCUT2D eigenvalue weighted by atomic mass is 10.2. The van der Waals surface area contributed by atoms with Crippen LogP contribution in [0.1, 0.15) is 19.4 Å². The lowest BCUT2D eigenvalue weighted by Gasteiger charge is -2.04. The Morgan fingerprint density at radius 1 is 1.10 bits per heavy atom. The minimum atomic E-state index is -1.83. The minimum absolute atomic E-state index is 0.440. The molecule has 0 atom stereocenters. The van der Waals surface area contributed by atoms with Crippen LogP contribution in [0.15, 0.2) is 18.2 Å². The molecule has 5 nitrogen and oxygen atoms in total. The summed E-state index contributed by atoms with van der Waals surface area (Å²) in [6.45, 7) is 4.97. The molecule has 114 valence electrons. The number of rotatable bonds is 7. The van der Waals surface area contributed by atoms with E-state index in [2.05, 4.69) is 9.05 Å². The monoisotopic (exact) mass is 323 g/mol. The fourth-order valence-corrected chi connectivity index (χ4v) is 1.98. The molecule has 7 heteroatoms. The molecule has 0 aromatic heterocycles. The van der Waals surface area contributed by atoms with Crippen LogP contribution in [0.25, 0.3) is 0 Å². The SMILES string of the molecule is CCO[P+](=O)OCC.COCc1cc(Cl)cc(OC)c1. The van der Waals surface area contributed by atoms with Gasteiger partial charge in [-0.1, -0.05) is 11.6 Å². The van der Waals surface area contributed by atoms with Gasteiger partial charge in [0.2, 0.25) is 0 Å². The van der Waals surface area contributed by atoms with Crippen LogP contribution >= 0.6 is 19.9 Å². The van der Waals surface area contributed by atoms with Crippen LogP contribution in [0.4, 0.5) is 0 Å². The van der Waals surface area contributed by atoms with Gasteiger partial charge >= 0.3 is 8.25 Å². The molecule has 0 fully saturated rings. The van der Waals surface area contributed by atoms with Crippen molar-refractivity contribution in [2.45, 2.75) is 20.5 Å². The van der Waals surface area contributed by atoms with E-state index < -0.39 is 8.25 Å². The molecule has 0 heterocycles. The topological polar surface area (TPSA) is 54.0 Å². The van der Waals surface area contributed by atoms with Crippen molar-refractivity contribution in [1.29, 1.82) is 0 Å². The van der Waals surface area contributed by atoms with Crippen LogP contribution in [-0.4, -0.2) is 27.4 Å². The van der Waals surface area contributed by atoms with E-state index >= 15 is 0 Å². The minimum Gasteiger partial charge on any atom is -0.497 e. The highest BCUT2D eigenvalue weighted by Crippen LogP contribution is 2.22. The van der Waals surface area contributed by atoms with Gasteiger partial charge in [-0.25, -0.2) is 0 Å². The van der Waals surface area contributed by atoms with Crippen molar-refractivity contribution in [3.8, 4) is 5.75 Å².